The molecule has 0 aliphatic carbocycles. The van der Waals surface area contributed by atoms with Gasteiger partial charge in [-0.25, -0.2) is 0 Å². The zero-order valence-electron chi connectivity index (χ0n) is 9.76. The van der Waals surface area contributed by atoms with Crippen molar-refractivity contribution in [1.29, 1.82) is 0 Å². The van der Waals surface area contributed by atoms with Crippen LogP contribution in [0.4, 0.5) is 30.7 Å². The number of nitrogens with zero attached hydrogens (tertiary/aromatic N) is 2. The fraction of sp³-hybridized carbons (Fsp3) is 0.400. The van der Waals surface area contributed by atoms with Crippen molar-refractivity contribution in [2.45, 2.75) is 24.9 Å². The Morgan fingerprint density at radius 2 is 1.50 bits per heavy atom. The fourth-order valence-electron chi connectivity index (χ4n) is 1.04. The van der Waals surface area contributed by atoms with E-state index in [1.165, 1.54) is 12.1 Å². The number of hydrogen-bond acceptors (Lipinski definition) is 2. The molecule has 0 N–H and O–H groups in total. The number of rotatable bonds is 3. The lowest BCUT2D eigenvalue weighted by molar-refractivity contribution is -0.682. The highest BCUT2D eigenvalue weighted by Crippen LogP contribution is 2.46. The largest absolute Gasteiger partial charge is 0.853 e. The van der Waals surface area contributed by atoms with Gasteiger partial charge in [0.15, 0.2) is 0 Å². The molecule has 0 unspecified atom stereocenters. The SMILES string of the molecule is Cc1cc[n+](/N=C(\[O-])C(F)(F)C(F)(F)C(F)(F)F)cc1. The molecule has 1 rings (SSSR count). The fourth-order valence-corrected chi connectivity index (χ4v) is 1.04. The van der Waals surface area contributed by atoms with E-state index < -0.39 is 23.9 Å². The van der Waals surface area contributed by atoms with Gasteiger partial charge in [-0.1, -0.05) is 4.68 Å². The van der Waals surface area contributed by atoms with Crippen LogP contribution < -0.4 is 9.78 Å². The summed E-state index contributed by atoms with van der Waals surface area (Å²) in [6.45, 7) is 1.60. The lowest BCUT2D eigenvalue weighted by Gasteiger charge is -2.29. The molecule has 0 bridgehead atoms. The van der Waals surface area contributed by atoms with Gasteiger partial charge in [-0.05, 0) is 17.6 Å². The minimum atomic E-state index is -6.57. The number of aryl methyl sites for hydroxylation is 1. The maximum absolute atomic E-state index is 12.9. The Bertz CT molecular complexity index is 507. The van der Waals surface area contributed by atoms with Crippen molar-refractivity contribution < 1.29 is 40.5 Å². The van der Waals surface area contributed by atoms with Crippen LogP contribution in [0, 0.1) is 6.92 Å². The molecule has 0 atom stereocenters. The Morgan fingerprint density at radius 1 is 1.05 bits per heavy atom. The van der Waals surface area contributed by atoms with Crippen molar-refractivity contribution >= 4 is 5.90 Å². The van der Waals surface area contributed by atoms with E-state index in [-0.39, 0.29) is 0 Å². The van der Waals surface area contributed by atoms with Gasteiger partial charge in [0, 0.05) is 12.1 Å². The third kappa shape index (κ3) is 2.83. The average molecular weight is 304 g/mol. The van der Waals surface area contributed by atoms with Crippen molar-refractivity contribution in [2.24, 2.45) is 5.10 Å². The standard InChI is InChI=1S/C10H7F7N2O/c1-6-2-4-19(5-3-6)18-7(20)8(11,12)9(13,14)10(15,16)17/h2-5H,1H3. The Balaban J connectivity index is 3.17. The van der Waals surface area contributed by atoms with Crippen molar-refractivity contribution in [3.8, 4) is 0 Å². The van der Waals surface area contributed by atoms with Crippen molar-refractivity contribution in [1.82, 2.24) is 0 Å². The van der Waals surface area contributed by atoms with Gasteiger partial charge in [-0.2, -0.15) is 30.7 Å². The van der Waals surface area contributed by atoms with E-state index in [4.69, 9.17) is 0 Å². The van der Waals surface area contributed by atoms with E-state index in [2.05, 4.69) is 5.10 Å². The summed E-state index contributed by atoms with van der Waals surface area (Å²) in [4.78, 5) is 0. The summed E-state index contributed by atoms with van der Waals surface area (Å²) in [7, 11) is 0. The lowest BCUT2D eigenvalue weighted by Crippen LogP contribution is -2.60. The van der Waals surface area contributed by atoms with Crippen LogP contribution in [-0.4, -0.2) is 23.9 Å². The smallest absolute Gasteiger partial charge is 0.460 e. The first-order valence-electron chi connectivity index (χ1n) is 4.96. The third-order valence-corrected chi connectivity index (χ3v) is 2.21. The molecule has 0 radical (unpaired) electrons. The van der Waals surface area contributed by atoms with Gasteiger partial charge in [-0.15, -0.1) is 0 Å². The summed E-state index contributed by atoms with van der Waals surface area (Å²) in [5.74, 6) is -15.4. The minimum absolute atomic E-state index is 0.412. The van der Waals surface area contributed by atoms with Gasteiger partial charge >= 0.3 is 18.0 Å². The summed E-state index contributed by atoms with van der Waals surface area (Å²) >= 11 is 0. The molecule has 0 aliphatic rings. The summed E-state index contributed by atoms with van der Waals surface area (Å²) in [6, 6.07) is 2.58. The van der Waals surface area contributed by atoms with E-state index in [9.17, 15) is 35.8 Å². The molecule has 1 aromatic rings. The van der Waals surface area contributed by atoms with Crippen LogP contribution in [0.25, 0.3) is 0 Å². The van der Waals surface area contributed by atoms with Gasteiger partial charge < -0.3 is 5.11 Å². The average Bonchev–Trinajstić information content (AvgIpc) is 2.30. The number of alkyl halides is 7. The van der Waals surface area contributed by atoms with E-state index in [0.717, 1.165) is 12.4 Å². The van der Waals surface area contributed by atoms with Crippen LogP contribution in [-0.2, 0) is 0 Å². The monoisotopic (exact) mass is 304 g/mol. The number of aromatic nitrogens is 1. The quantitative estimate of drug-likeness (QED) is 0.362. The molecule has 0 fully saturated rings. The van der Waals surface area contributed by atoms with Crippen LogP contribution >= 0.6 is 0 Å². The molecule has 3 nitrogen and oxygen atoms in total. The summed E-state index contributed by atoms with van der Waals surface area (Å²) in [5, 5.41) is 13.4. The van der Waals surface area contributed by atoms with Crippen molar-refractivity contribution in [3.05, 3.63) is 30.1 Å². The molecule has 20 heavy (non-hydrogen) atoms. The molecule has 0 saturated carbocycles. The summed E-state index contributed by atoms with van der Waals surface area (Å²) in [6.07, 6.45) is -4.66. The molecule has 1 heterocycles. The second kappa shape index (κ2) is 4.91. The number of halogens is 7. The molecule has 10 heteroatoms. The maximum atomic E-state index is 12.9. The highest BCUT2D eigenvalue weighted by atomic mass is 19.4. The molecule has 0 spiro atoms. The zero-order valence-corrected chi connectivity index (χ0v) is 9.76. The summed E-state index contributed by atoms with van der Waals surface area (Å²) in [5.41, 5.74) is 0.635. The second-order valence-corrected chi connectivity index (χ2v) is 3.81. The van der Waals surface area contributed by atoms with E-state index in [1.807, 2.05) is 0 Å². The van der Waals surface area contributed by atoms with E-state index >= 15 is 0 Å². The minimum Gasteiger partial charge on any atom is -0.853 e. The van der Waals surface area contributed by atoms with Crippen LogP contribution in [0.2, 0.25) is 0 Å². The second-order valence-electron chi connectivity index (χ2n) is 3.81. The number of hydrogen-bond donors (Lipinski definition) is 0. The predicted octanol–water partition coefficient (Wildman–Crippen LogP) is 1.64. The van der Waals surface area contributed by atoms with Gasteiger partial charge in [0.25, 0.3) is 0 Å². The first kappa shape index (κ1) is 16.2. The van der Waals surface area contributed by atoms with Crippen LogP contribution in [0.3, 0.4) is 0 Å². The normalized spacial score (nSPS) is 14.5. The van der Waals surface area contributed by atoms with Crippen LogP contribution in [0.5, 0.6) is 0 Å². The Hall–Kier alpha value is -1.87. The molecular formula is C10H7F7N2O. The topological polar surface area (TPSA) is 39.3 Å². The first-order chi connectivity index (χ1) is 8.89. The first-order valence-corrected chi connectivity index (χ1v) is 4.96. The van der Waals surface area contributed by atoms with Crippen molar-refractivity contribution in [2.75, 3.05) is 0 Å². The van der Waals surface area contributed by atoms with E-state index in [1.54, 1.807) is 6.92 Å². The van der Waals surface area contributed by atoms with E-state index in [0.29, 0.717) is 10.2 Å². The Morgan fingerprint density at radius 3 is 1.90 bits per heavy atom. The van der Waals surface area contributed by atoms with Gasteiger partial charge in [0.05, 0.1) is 0 Å². The molecule has 0 aliphatic heterocycles. The van der Waals surface area contributed by atoms with Gasteiger partial charge in [0.1, 0.15) is 5.90 Å². The molecule has 1 aromatic heterocycles. The van der Waals surface area contributed by atoms with Gasteiger partial charge in [0.2, 0.25) is 12.4 Å². The van der Waals surface area contributed by atoms with Crippen LogP contribution in [0.1, 0.15) is 5.56 Å². The molecule has 112 valence electrons. The predicted molar refractivity (Wildman–Crippen MR) is 50.2 cm³/mol. The highest BCUT2D eigenvalue weighted by molar-refractivity contribution is 5.80. The van der Waals surface area contributed by atoms with Gasteiger partial charge in [-0.3, -0.25) is 0 Å². The Labute approximate surface area is 108 Å². The lowest BCUT2D eigenvalue weighted by atomic mass is 10.1. The highest BCUT2D eigenvalue weighted by Gasteiger charge is 2.73. The summed E-state index contributed by atoms with van der Waals surface area (Å²) < 4.78 is 86.9. The zero-order chi connectivity index (χ0) is 15.8. The molecular weight excluding hydrogens is 297 g/mol. The Kier molecular flexibility index (Phi) is 3.97. The third-order valence-electron chi connectivity index (χ3n) is 2.21. The number of pyridine rings is 1. The molecule has 0 saturated heterocycles. The van der Waals surface area contributed by atoms with Crippen LogP contribution in [0.15, 0.2) is 29.6 Å². The van der Waals surface area contributed by atoms with Crippen molar-refractivity contribution in [3.63, 3.8) is 0 Å². The molecule has 0 aromatic carbocycles. The maximum Gasteiger partial charge on any atom is 0.460 e. The molecule has 0 amide bonds.